The Morgan fingerprint density at radius 3 is 3.00 bits per heavy atom. The van der Waals surface area contributed by atoms with Crippen molar-refractivity contribution in [2.75, 3.05) is 6.61 Å². The van der Waals surface area contributed by atoms with Crippen molar-refractivity contribution < 1.29 is 9.84 Å². The van der Waals surface area contributed by atoms with Gasteiger partial charge in [0.2, 0.25) is 0 Å². The molecular formula is C7H9NO2S. The average molecular weight is 171 g/mol. The van der Waals surface area contributed by atoms with Crippen molar-refractivity contribution in [3.05, 3.63) is 10.7 Å². The number of epoxide rings is 1. The Hall–Kier alpha value is -0.610. The second kappa shape index (κ2) is 2.46. The molecule has 1 aliphatic rings. The average Bonchev–Trinajstić information content (AvgIpc) is 2.65. The van der Waals surface area contributed by atoms with E-state index in [0.29, 0.717) is 11.2 Å². The van der Waals surface area contributed by atoms with Crippen molar-refractivity contribution in [3.63, 3.8) is 0 Å². The number of aryl methyl sites for hydroxylation is 1. The van der Waals surface area contributed by atoms with Crippen molar-refractivity contribution >= 4 is 11.3 Å². The molecule has 1 atom stereocenters. The first-order valence-corrected chi connectivity index (χ1v) is 4.34. The fourth-order valence-electron chi connectivity index (χ4n) is 0.911. The van der Waals surface area contributed by atoms with E-state index >= 15 is 0 Å². The normalized spacial score (nSPS) is 22.1. The van der Waals surface area contributed by atoms with Gasteiger partial charge < -0.3 is 9.84 Å². The van der Waals surface area contributed by atoms with Gasteiger partial charge >= 0.3 is 0 Å². The molecule has 4 heteroatoms. The van der Waals surface area contributed by atoms with Crippen LogP contribution in [-0.4, -0.2) is 22.8 Å². The second-order valence-electron chi connectivity index (χ2n) is 2.66. The summed E-state index contributed by atoms with van der Waals surface area (Å²) in [4.78, 5) is 4.18. The third kappa shape index (κ3) is 1.52. The van der Waals surface area contributed by atoms with Gasteiger partial charge in [0, 0.05) is 6.42 Å². The molecule has 1 aromatic rings. The van der Waals surface area contributed by atoms with E-state index in [1.807, 2.05) is 6.92 Å². The summed E-state index contributed by atoms with van der Waals surface area (Å²) >= 11 is 1.35. The standard InChI is InChI=1S/C7H9NO2S/c1-4-7(9)11-6(8-4)2-5-3-10-5/h5,9H,2-3H2,1H3. The van der Waals surface area contributed by atoms with E-state index in [1.54, 1.807) is 0 Å². The van der Waals surface area contributed by atoms with Gasteiger partial charge in [0.05, 0.1) is 23.4 Å². The summed E-state index contributed by atoms with van der Waals surface area (Å²) in [7, 11) is 0. The summed E-state index contributed by atoms with van der Waals surface area (Å²) < 4.78 is 5.05. The summed E-state index contributed by atoms with van der Waals surface area (Å²) in [6.45, 7) is 2.66. The first-order valence-electron chi connectivity index (χ1n) is 3.52. The minimum absolute atomic E-state index is 0.334. The van der Waals surface area contributed by atoms with E-state index in [-0.39, 0.29) is 0 Å². The van der Waals surface area contributed by atoms with Crippen LogP contribution in [0.15, 0.2) is 0 Å². The predicted octanol–water partition coefficient (Wildman–Crippen LogP) is 1.10. The van der Waals surface area contributed by atoms with E-state index in [4.69, 9.17) is 4.74 Å². The molecule has 1 aliphatic heterocycles. The Kier molecular flexibility index (Phi) is 1.58. The summed E-state index contributed by atoms with van der Waals surface area (Å²) in [5.74, 6) is 0. The van der Waals surface area contributed by atoms with Crippen LogP contribution in [0.5, 0.6) is 5.06 Å². The number of aromatic nitrogens is 1. The fourth-order valence-corrected chi connectivity index (χ4v) is 1.78. The van der Waals surface area contributed by atoms with Gasteiger partial charge in [-0.2, -0.15) is 0 Å². The molecule has 60 valence electrons. The third-order valence-electron chi connectivity index (χ3n) is 1.62. The molecule has 2 rings (SSSR count). The Morgan fingerprint density at radius 1 is 1.82 bits per heavy atom. The van der Waals surface area contributed by atoms with E-state index < -0.39 is 0 Å². The topological polar surface area (TPSA) is 45.7 Å². The lowest BCUT2D eigenvalue weighted by molar-refractivity contribution is 0.407. The van der Waals surface area contributed by atoms with Gasteiger partial charge in [-0.3, -0.25) is 0 Å². The lowest BCUT2D eigenvalue weighted by Gasteiger charge is -1.85. The van der Waals surface area contributed by atoms with Crippen LogP contribution in [0, 0.1) is 6.92 Å². The Bertz CT molecular complexity index is 248. The molecule has 1 N–H and O–H groups in total. The van der Waals surface area contributed by atoms with E-state index in [0.717, 1.165) is 23.7 Å². The Balaban J connectivity index is 2.11. The highest BCUT2D eigenvalue weighted by Gasteiger charge is 2.24. The lowest BCUT2D eigenvalue weighted by Crippen LogP contribution is -1.91. The summed E-state index contributed by atoms with van der Waals surface area (Å²) in [6.07, 6.45) is 1.21. The molecule has 0 amide bonds. The minimum Gasteiger partial charge on any atom is -0.498 e. The Morgan fingerprint density at radius 2 is 2.55 bits per heavy atom. The summed E-state index contributed by atoms with van der Waals surface area (Å²) in [6, 6.07) is 0. The molecule has 1 fully saturated rings. The molecule has 0 saturated carbocycles. The Labute approximate surface area is 68.7 Å². The first-order chi connectivity index (χ1) is 5.25. The number of hydrogen-bond acceptors (Lipinski definition) is 4. The van der Waals surface area contributed by atoms with Crippen LogP contribution < -0.4 is 0 Å². The zero-order chi connectivity index (χ0) is 7.84. The number of ether oxygens (including phenoxy) is 1. The van der Waals surface area contributed by atoms with Crippen LogP contribution in [0.1, 0.15) is 10.7 Å². The molecule has 0 bridgehead atoms. The van der Waals surface area contributed by atoms with Gasteiger partial charge in [-0.05, 0) is 6.92 Å². The van der Waals surface area contributed by atoms with E-state index in [2.05, 4.69) is 4.98 Å². The maximum Gasteiger partial charge on any atom is 0.194 e. The monoisotopic (exact) mass is 171 g/mol. The van der Waals surface area contributed by atoms with Gasteiger partial charge in [-0.15, -0.1) is 0 Å². The summed E-state index contributed by atoms with van der Waals surface area (Å²) in [5, 5.41) is 10.5. The lowest BCUT2D eigenvalue weighted by atomic mass is 10.3. The molecule has 0 aromatic carbocycles. The van der Waals surface area contributed by atoms with Crippen molar-refractivity contribution in [3.8, 4) is 5.06 Å². The molecule has 0 radical (unpaired) electrons. The molecule has 11 heavy (non-hydrogen) atoms. The van der Waals surface area contributed by atoms with Gasteiger partial charge in [0.25, 0.3) is 0 Å². The number of hydrogen-bond donors (Lipinski definition) is 1. The van der Waals surface area contributed by atoms with Crippen LogP contribution in [0.25, 0.3) is 0 Å². The van der Waals surface area contributed by atoms with Gasteiger partial charge in [0.15, 0.2) is 5.06 Å². The van der Waals surface area contributed by atoms with Crippen molar-refractivity contribution in [1.29, 1.82) is 0 Å². The molecule has 3 nitrogen and oxygen atoms in total. The van der Waals surface area contributed by atoms with Crippen LogP contribution in [0.2, 0.25) is 0 Å². The molecule has 0 spiro atoms. The van der Waals surface area contributed by atoms with Crippen molar-refractivity contribution in [2.24, 2.45) is 0 Å². The third-order valence-corrected chi connectivity index (χ3v) is 2.60. The van der Waals surface area contributed by atoms with E-state index in [9.17, 15) is 5.11 Å². The number of aromatic hydroxyl groups is 1. The van der Waals surface area contributed by atoms with E-state index in [1.165, 1.54) is 11.3 Å². The highest BCUT2D eigenvalue weighted by Crippen LogP contribution is 2.27. The van der Waals surface area contributed by atoms with Crippen LogP contribution in [0.3, 0.4) is 0 Å². The molecule has 2 heterocycles. The number of rotatable bonds is 2. The summed E-state index contributed by atoms with van der Waals surface area (Å²) in [5.41, 5.74) is 0.727. The first kappa shape index (κ1) is 7.06. The zero-order valence-electron chi connectivity index (χ0n) is 6.20. The zero-order valence-corrected chi connectivity index (χ0v) is 7.02. The number of nitrogens with zero attached hydrogens (tertiary/aromatic N) is 1. The van der Waals surface area contributed by atoms with Gasteiger partial charge in [-0.1, -0.05) is 11.3 Å². The number of thiazole rings is 1. The highest BCUT2D eigenvalue weighted by atomic mass is 32.1. The van der Waals surface area contributed by atoms with Crippen molar-refractivity contribution in [1.82, 2.24) is 4.98 Å². The van der Waals surface area contributed by atoms with Gasteiger partial charge in [0.1, 0.15) is 0 Å². The second-order valence-corrected chi connectivity index (χ2v) is 3.72. The minimum atomic E-state index is 0.334. The molecule has 1 saturated heterocycles. The smallest absolute Gasteiger partial charge is 0.194 e. The van der Waals surface area contributed by atoms with Crippen LogP contribution in [-0.2, 0) is 11.2 Å². The molecular weight excluding hydrogens is 162 g/mol. The largest absolute Gasteiger partial charge is 0.498 e. The van der Waals surface area contributed by atoms with Gasteiger partial charge in [-0.25, -0.2) is 4.98 Å². The molecule has 0 aliphatic carbocycles. The highest BCUT2D eigenvalue weighted by molar-refractivity contribution is 7.13. The SMILES string of the molecule is Cc1nc(CC2CO2)sc1O. The maximum absolute atomic E-state index is 9.19. The predicted molar refractivity (Wildman–Crippen MR) is 42.0 cm³/mol. The fraction of sp³-hybridized carbons (Fsp3) is 0.571. The van der Waals surface area contributed by atoms with Crippen molar-refractivity contribution in [2.45, 2.75) is 19.4 Å². The molecule has 1 unspecified atom stereocenters. The van der Waals surface area contributed by atoms with Crippen LogP contribution >= 0.6 is 11.3 Å². The maximum atomic E-state index is 9.19. The quantitative estimate of drug-likeness (QED) is 0.678. The molecule has 1 aromatic heterocycles. The van der Waals surface area contributed by atoms with Crippen LogP contribution in [0.4, 0.5) is 0 Å².